The Morgan fingerprint density at radius 1 is 1.27 bits per heavy atom. The summed E-state index contributed by atoms with van der Waals surface area (Å²) in [5, 5.41) is 2.57. The van der Waals surface area contributed by atoms with E-state index < -0.39 is 17.8 Å². The van der Waals surface area contributed by atoms with Gasteiger partial charge in [-0.1, -0.05) is 11.6 Å². The molecule has 3 rings (SSSR count). The fourth-order valence-electron chi connectivity index (χ4n) is 2.45. The van der Waals surface area contributed by atoms with E-state index in [1.807, 2.05) is 6.92 Å². The highest BCUT2D eigenvalue weighted by Crippen LogP contribution is 2.27. The van der Waals surface area contributed by atoms with Gasteiger partial charge in [0.1, 0.15) is 11.3 Å². The van der Waals surface area contributed by atoms with E-state index >= 15 is 0 Å². The first kappa shape index (κ1) is 17.6. The SMILES string of the molecule is CCOc1ccc(Cl)cc1/C=C1/C(=O)NC(=O)N(c2cccnc2)C1=O. The Balaban J connectivity index is 2.05. The molecular weight excluding hydrogens is 358 g/mol. The molecule has 2 heterocycles. The number of barbiturate groups is 1. The number of halogens is 1. The molecule has 1 aliphatic heterocycles. The highest BCUT2D eigenvalue weighted by Gasteiger charge is 2.37. The Labute approximate surface area is 154 Å². The third kappa shape index (κ3) is 3.43. The first-order valence-corrected chi connectivity index (χ1v) is 8.13. The summed E-state index contributed by atoms with van der Waals surface area (Å²) in [7, 11) is 0. The molecule has 1 fully saturated rings. The molecule has 0 radical (unpaired) electrons. The molecule has 0 unspecified atom stereocenters. The second-order valence-electron chi connectivity index (χ2n) is 5.28. The number of benzene rings is 1. The number of hydrogen-bond acceptors (Lipinski definition) is 5. The van der Waals surface area contributed by atoms with Crippen LogP contribution in [0.3, 0.4) is 0 Å². The number of pyridine rings is 1. The van der Waals surface area contributed by atoms with Crippen LogP contribution in [-0.2, 0) is 9.59 Å². The minimum atomic E-state index is -0.832. The summed E-state index contributed by atoms with van der Waals surface area (Å²) in [5.41, 5.74) is 0.500. The molecule has 0 bridgehead atoms. The Hall–Kier alpha value is -3.19. The van der Waals surface area contributed by atoms with Crippen molar-refractivity contribution in [2.24, 2.45) is 0 Å². The standard InChI is InChI=1S/C18H14ClN3O4/c1-2-26-15-6-5-12(19)8-11(15)9-14-16(23)21-18(25)22(17(14)24)13-4-3-7-20-10-13/h3-10H,2H2,1H3,(H,21,23,25)/b14-9-. The van der Waals surface area contributed by atoms with Crippen molar-refractivity contribution in [3.05, 3.63) is 58.9 Å². The number of nitrogens with one attached hydrogen (secondary N) is 1. The van der Waals surface area contributed by atoms with Gasteiger partial charge < -0.3 is 4.74 Å². The second-order valence-corrected chi connectivity index (χ2v) is 5.72. The van der Waals surface area contributed by atoms with Gasteiger partial charge in [-0.2, -0.15) is 0 Å². The maximum absolute atomic E-state index is 12.8. The molecule has 132 valence electrons. The van der Waals surface area contributed by atoms with Crippen molar-refractivity contribution in [1.82, 2.24) is 10.3 Å². The Morgan fingerprint density at radius 2 is 2.08 bits per heavy atom. The van der Waals surface area contributed by atoms with Gasteiger partial charge in [-0.25, -0.2) is 9.69 Å². The van der Waals surface area contributed by atoms with Crippen molar-refractivity contribution in [1.29, 1.82) is 0 Å². The van der Waals surface area contributed by atoms with Crippen LogP contribution < -0.4 is 15.0 Å². The topological polar surface area (TPSA) is 88.6 Å². The van der Waals surface area contributed by atoms with E-state index in [2.05, 4.69) is 10.3 Å². The Bertz CT molecular complexity index is 912. The van der Waals surface area contributed by atoms with Crippen molar-refractivity contribution in [2.45, 2.75) is 6.92 Å². The third-order valence-electron chi connectivity index (χ3n) is 3.58. The lowest BCUT2D eigenvalue weighted by molar-refractivity contribution is -0.122. The van der Waals surface area contributed by atoms with E-state index in [-0.39, 0.29) is 11.3 Å². The van der Waals surface area contributed by atoms with Crippen molar-refractivity contribution in [2.75, 3.05) is 11.5 Å². The molecule has 1 aromatic carbocycles. The van der Waals surface area contributed by atoms with Gasteiger partial charge in [0.15, 0.2) is 0 Å². The number of carbonyl (C=O) groups excluding carboxylic acids is 3. The summed E-state index contributed by atoms with van der Waals surface area (Å²) < 4.78 is 5.50. The van der Waals surface area contributed by atoms with E-state index in [0.29, 0.717) is 22.9 Å². The number of nitrogens with zero attached hydrogens (tertiary/aromatic N) is 2. The second kappa shape index (κ2) is 7.37. The fraction of sp³-hybridized carbons (Fsp3) is 0.111. The van der Waals surface area contributed by atoms with E-state index in [1.165, 1.54) is 18.5 Å². The molecule has 8 heteroatoms. The first-order valence-electron chi connectivity index (χ1n) is 7.75. The van der Waals surface area contributed by atoms with Crippen molar-refractivity contribution in [3.63, 3.8) is 0 Å². The molecule has 26 heavy (non-hydrogen) atoms. The summed E-state index contributed by atoms with van der Waals surface area (Å²) in [6, 6.07) is 7.16. The lowest BCUT2D eigenvalue weighted by atomic mass is 10.1. The highest BCUT2D eigenvalue weighted by molar-refractivity contribution is 6.39. The largest absolute Gasteiger partial charge is 0.493 e. The van der Waals surface area contributed by atoms with E-state index in [1.54, 1.807) is 30.3 Å². The molecule has 1 saturated heterocycles. The molecule has 1 N–H and O–H groups in total. The van der Waals surface area contributed by atoms with Gasteiger partial charge in [0, 0.05) is 16.8 Å². The molecule has 2 aromatic rings. The molecular formula is C18H14ClN3O4. The minimum absolute atomic E-state index is 0.211. The van der Waals surface area contributed by atoms with Crippen LogP contribution in [0.2, 0.25) is 5.02 Å². The summed E-state index contributed by atoms with van der Waals surface area (Å²) in [6.07, 6.45) is 4.22. The number of urea groups is 1. The van der Waals surface area contributed by atoms with Gasteiger partial charge in [-0.3, -0.25) is 19.9 Å². The average molecular weight is 372 g/mol. The van der Waals surface area contributed by atoms with Gasteiger partial charge in [0.05, 0.1) is 18.5 Å². The summed E-state index contributed by atoms with van der Waals surface area (Å²) in [6.45, 7) is 2.21. The van der Waals surface area contributed by atoms with Crippen LogP contribution in [0.1, 0.15) is 12.5 Å². The number of amides is 4. The van der Waals surface area contributed by atoms with E-state index in [0.717, 1.165) is 4.90 Å². The average Bonchev–Trinajstić information content (AvgIpc) is 2.61. The van der Waals surface area contributed by atoms with Gasteiger partial charge >= 0.3 is 6.03 Å². The van der Waals surface area contributed by atoms with Crippen LogP contribution in [0, 0.1) is 0 Å². The number of rotatable bonds is 4. The number of ether oxygens (including phenoxy) is 1. The maximum Gasteiger partial charge on any atom is 0.336 e. The lowest BCUT2D eigenvalue weighted by Crippen LogP contribution is -2.54. The lowest BCUT2D eigenvalue weighted by Gasteiger charge is -2.26. The molecule has 0 atom stereocenters. The molecule has 1 aromatic heterocycles. The fourth-order valence-corrected chi connectivity index (χ4v) is 2.63. The van der Waals surface area contributed by atoms with Crippen molar-refractivity contribution < 1.29 is 19.1 Å². The predicted molar refractivity (Wildman–Crippen MR) is 95.9 cm³/mol. The summed E-state index contributed by atoms with van der Waals surface area (Å²) in [5.74, 6) is -1.08. The molecule has 0 spiro atoms. The number of carbonyl (C=O) groups is 3. The number of aromatic nitrogens is 1. The molecule has 0 saturated carbocycles. The van der Waals surface area contributed by atoms with E-state index in [4.69, 9.17) is 16.3 Å². The van der Waals surface area contributed by atoms with Crippen LogP contribution >= 0.6 is 11.6 Å². The van der Waals surface area contributed by atoms with Crippen LogP contribution in [0.5, 0.6) is 5.75 Å². The zero-order chi connectivity index (χ0) is 18.7. The normalized spacial score (nSPS) is 16.0. The van der Waals surface area contributed by atoms with Gasteiger partial charge in [0.25, 0.3) is 11.8 Å². The molecule has 0 aliphatic carbocycles. The summed E-state index contributed by atoms with van der Waals surface area (Å²) >= 11 is 6.01. The summed E-state index contributed by atoms with van der Waals surface area (Å²) in [4.78, 5) is 41.8. The predicted octanol–water partition coefficient (Wildman–Crippen LogP) is 2.80. The van der Waals surface area contributed by atoms with Crippen LogP contribution in [0.25, 0.3) is 6.08 Å². The van der Waals surface area contributed by atoms with Crippen LogP contribution in [-0.4, -0.2) is 29.4 Å². The number of hydrogen-bond donors (Lipinski definition) is 1. The van der Waals surface area contributed by atoms with Crippen LogP contribution in [0.15, 0.2) is 48.3 Å². The Morgan fingerprint density at radius 3 is 2.77 bits per heavy atom. The maximum atomic E-state index is 12.8. The molecule has 1 aliphatic rings. The third-order valence-corrected chi connectivity index (χ3v) is 3.81. The van der Waals surface area contributed by atoms with E-state index in [9.17, 15) is 14.4 Å². The minimum Gasteiger partial charge on any atom is -0.493 e. The van der Waals surface area contributed by atoms with Crippen LogP contribution in [0.4, 0.5) is 10.5 Å². The van der Waals surface area contributed by atoms with Crippen molar-refractivity contribution >= 4 is 41.2 Å². The van der Waals surface area contributed by atoms with Gasteiger partial charge in [-0.15, -0.1) is 0 Å². The molecule has 4 amide bonds. The van der Waals surface area contributed by atoms with Gasteiger partial charge in [-0.05, 0) is 43.3 Å². The Kier molecular flexibility index (Phi) is 4.99. The highest BCUT2D eigenvalue weighted by atomic mass is 35.5. The monoisotopic (exact) mass is 371 g/mol. The van der Waals surface area contributed by atoms with Crippen molar-refractivity contribution in [3.8, 4) is 5.75 Å². The quantitative estimate of drug-likeness (QED) is 0.659. The number of imide groups is 2. The zero-order valence-electron chi connectivity index (χ0n) is 13.7. The molecule has 7 nitrogen and oxygen atoms in total. The smallest absolute Gasteiger partial charge is 0.336 e. The number of anilines is 1. The first-order chi connectivity index (χ1) is 12.5. The van der Waals surface area contributed by atoms with Gasteiger partial charge in [0.2, 0.25) is 0 Å². The zero-order valence-corrected chi connectivity index (χ0v) is 14.5.